The van der Waals surface area contributed by atoms with Crippen LogP contribution in [0.2, 0.25) is 0 Å². The van der Waals surface area contributed by atoms with E-state index in [2.05, 4.69) is 5.38 Å². The van der Waals surface area contributed by atoms with Gasteiger partial charge in [0.25, 0.3) is 0 Å². The number of hydrogen-bond acceptors (Lipinski definition) is 4. The Balaban J connectivity index is 2.41. The zero-order valence-corrected chi connectivity index (χ0v) is 11.4. The first-order chi connectivity index (χ1) is 7.63. The summed E-state index contributed by atoms with van der Waals surface area (Å²) in [6.07, 6.45) is 5.85. The number of carbonyl (C=O) groups excluding carboxylic acids is 1. The van der Waals surface area contributed by atoms with Gasteiger partial charge in [0, 0.05) is 31.4 Å². The number of carbonyl (C=O) groups is 1. The number of nitrogens with zero attached hydrogens (tertiary/aromatic N) is 1. The van der Waals surface area contributed by atoms with Gasteiger partial charge in [0.15, 0.2) is 5.78 Å². The number of rotatable bonds is 2. The van der Waals surface area contributed by atoms with Crippen molar-refractivity contribution in [3.63, 3.8) is 0 Å². The van der Waals surface area contributed by atoms with Crippen LogP contribution in [0.4, 0.5) is 0 Å². The Labute approximate surface area is 104 Å². The van der Waals surface area contributed by atoms with E-state index in [9.17, 15) is 4.79 Å². The van der Waals surface area contributed by atoms with Gasteiger partial charge >= 0.3 is 0 Å². The molecule has 1 aromatic heterocycles. The van der Waals surface area contributed by atoms with Crippen molar-refractivity contribution in [2.24, 2.45) is 0 Å². The monoisotopic (exact) mass is 253 g/mol. The third-order valence-electron chi connectivity index (χ3n) is 2.62. The van der Waals surface area contributed by atoms with Crippen molar-refractivity contribution in [3.05, 3.63) is 28.3 Å². The predicted molar refractivity (Wildman–Crippen MR) is 70.5 cm³/mol. The van der Waals surface area contributed by atoms with Gasteiger partial charge in [0.05, 0.1) is 4.21 Å². The van der Waals surface area contributed by atoms with Gasteiger partial charge in [-0.15, -0.1) is 23.1 Å². The minimum absolute atomic E-state index is 0.223. The predicted octanol–water partition coefficient (Wildman–Crippen LogP) is 3.04. The van der Waals surface area contributed by atoms with Crippen molar-refractivity contribution in [1.29, 1.82) is 0 Å². The maximum absolute atomic E-state index is 12.3. The topological polar surface area (TPSA) is 20.3 Å². The van der Waals surface area contributed by atoms with Crippen molar-refractivity contribution in [2.45, 2.75) is 17.1 Å². The molecule has 0 bridgehead atoms. The minimum atomic E-state index is 0.223. The van der Waals surface area contributed by atoms with E-state index >= 15 is 0 Å². The van der Waals surface area contributed by atoms with Gasteiger partial charge in [-0.2, -0.15) is 0 Å². The highest BCUT2D eigenvalue weighted by molar-refractivity contribution is 8.00. The molecule has 0 unspecified atom stereocenters. The number of thiophene rings is 1. The number of ketones is 1. The summed E-state index contributed by atoms with van der Waals surface area (Å²) in [7, 11) is 3.91. The van der Waals surface area contributed by atoms with Crippen LogP contribution in [0, 0.1) is 0 Å². The van der Waals surface area contributed by atoms with Crippen molar-refractivity contribution >= 4 is 28.9 Å². The average Bonchev–Trinajstić information content (AvgIpc) is 2.65. The van der Waals surface area contributed by atoms with E-state index in [1.165, 1.54) is 5.56 Å². The zero-order valence-electron chi connectivity index (χ0n) is 9.74. The molecule has 0 saturated heterocycles. The fourth-order valence-corrected chi connectivity index (χ4v) is 3.71. The first-order valence-electron chi connectivity index (χ1n) is 5.19. The molecule has 0 fully saturated rings. The first kappa shape index (κ1) is 11.7. The molecule has 1 aliphatic carbocycles. The molecule has 0 atom stereocenters. The summed E-state index contributed by atoms with van der Waals surface area (Å²) in [4.78, 5) is 14.2. The van der Waals surface area contributed by atoms with Gasteiger partial charge in [-0.1, -0.05) is 0 Å². The van der Waals surface area contributed by atoms with Gasteiger partial charge in [-0.05, 0) is 30.0 Å². The first-order valence-corrected chi connectivity index (χ1v) is 7.30. The van der Waals surface area contributed by atoms with Crippen LogP contribution >= 0.6 is 23.1 Å². The Bertz CT molecular complexity index is 432. The molecule has 0 radical (unpaired) electrons. The number of fused-ring (bicyclic) bond motifs is 1. The maximum atomic E-state index is 12.3. The van der Waals surface area contributed by atoms with Crippen LogP contribution in [0.25, 0.3) is 0 Å². The van der Waals surface area contributed by atoms with Gasteiger partial charge < -0.3 is 4.90 Å². The second-order valence-electron chi connectivity index (χ2n) is 4.07. The summed E-state index contributed by atoms with van der Waals surface area (Å²) >= 11 is 3.36. The Morgan fingerprint density at radius 2 is 2.19 bits per heavy atom. The lowest BCUT2D eigenvalue weighted by molar-refractivity contribution is 0.102. The SMILES string of the molecule is CSc1scc2c1C(=O)C(=CN(C)C)CC2. The molecule has 2 rings (SSSR count). The van der Waals surface area contributed by atoms with Crippen molar-refractivity contribution in [2.75, 3.05) is 20.4 Å². The highest BCUT2D eigenvalue weighted by Gasteiger charge is 2.26. The van der Waals surface area contributed by atoms with Crippen LogP contribution in [0.15, 0.2) is 21.4 Å². The van der Waals surface area contributed by atoms with E-state index in [0.29, 0.717) is 0 Å². The van der Waals surface area contributed by atoms with Crippen LogP contribution in [0.5, 0.6) is 0 Å². The van der Waals surface area contributed by atoms with Crippen molar-refractivity contribution in [1.82, 2.24) is 4.90 Å². The van der Waals surface area contributed by atoms with E-state index in [1.54, 1.807) is 23.1 Å². The number of Topliss-reactive ketones (excluding diaryl/α,β-unsaturated/α-hetero) is 1. The van der Waals surface area contributed by atoms with Crippen LogP contribution in [-0.2, 0) is 6.42 Å². The van der Waals surface area contributed by atoms with E-state index in [1.807, 2.05) is 31.5 Å². The Kier molecular flexibility index (Phi) is 3.40. The quantitative estimate of drug-likeness (QED) is 0.597. The normalized spacial score (nSPS) is 17.7. The second-order valence-corrected chi connectivity index (χ2v) is 6.03. The fourth-order valence-electron chi connectivity index (χ4n) is 1.92. The van der Waals surface area contributed by atoms with Gasteiger partial charge in [-0.25, -0.2) is 0 Å². The molecule has 0 aromatic carbocycles. The molecule has 0 spiro atoms. The van der Waals surface area contributed by atoms with E-state index in [4.69, 9.17) is 0 Å². The summed E-state index contributed by atoms with van der Waals surface area (Å²) in [6.45, 7) is 0. The lowest BCUT2D eigenvalue weighted by Gasteiger charge is -2.17. The minimum Gasteiger partial charge on any atom is -0.383 e. The van der Waals surface area contributed by atoms with E-state index < -0.39 is 0 Å². The molecule has 2 nitrogen and oxygen atoms in total. The van der Waals surface area contributed by atoms with E-state index in [-0.39, 0.29) is 5.78 Å². The smallest absolute Gasteiger partial charge is 0.192 e. The summed E-state index contributed by atoms with van der Waals surface area (Å²) in [5, 5.41) is 2.13. The summed E-state index contributed by atoms with van der Waals surface area (Å²) < 4.78 is 1.16. The molecule has 1 aliphatic rings. The lowest BCUT2D eigenvalue weighted by Crippen LogP contribution is -2.16. The Morgan fingerprint density at radius 1 is 1.44 bits per heavy atom. The molecule has 16 heavy (non-hydrogen) atoms. The fraction of sp³-hybridized carbons (Fsp3) is 0.417. The third-order valence-corrected chi connectivity index (χ3v) is 4.80. The number of allylic oxidation sites excluding steroid dienone is 1. The van der Waals surface area contributed by atoms with Crippen molar-refractivity contribution < 1.29 is 4.79 Å². The highest BCUT2D eigenvalue weighted by atomic mass is 32.2. The largest absolute Gasteiger partial charge is 0.383 e. The molecular weight excluding hydrogens is 238 g/mol. The molecule has 0 saturated carbocycles. The number of hydrogen-bond donors (Lipinski definition) is 0. The second kappa shape index (κ2) is 4.63. The number of thioether (sulfide) groups is 1. The van der Waals surface area contributed by atoms with Crippen LogP contribution in [0.3, 0.4) is 0 Å². The molecule has 4 heteroatoms. The maximum Gasteiger partial charge on any atom is 0.192 e. The van der Waals surface area contributed by atoms with Crippen molar-refractivity contribution in [3.8, 4) is 0 Å². The number of aryl methyl sites for hydroxylation is 1. The molecule has 0 N–H and O–H groups in total. The van der Waals surface area contributed by atoms with Gasteiger partial charge in [0.2, 0.25) is 0 Å². The lowest BCUT2D eigenvalue weighted by atomic mass is 9.90. The molecular formula is C12H15NOS2. The Morgan fingerprint density at radius 3 is 2.81 bits per heavy atom. The van der Waals surface area contributed by atoms with E-state index in [0.717, 1.165) is 28.2 Å². The highest BCUT2D eigenvalue weighted by Crippen LogP contribution is 2.37. The molecule has 86 valence electrons. The van der Waals surface area contributed by atoms with Crippen LogP contribution in [-0.4, -0.2) is 31.0 Å². The van der Waals surface area contributed by atoms with Crippen LogP contribution < -0.4 is 0 Å². The van der Waals surface area contributed by atoms with Gasteiger partial charge in [-0.3, -0.25) is 4.79 Å². The summed E-state index contributed by atoms with van der Waals surface area (Å²) in [6, 6.07) is 0. The molecule has 1 heterocycles. The summed E-state index contributed by atoms with van der Waals surface area (Å²) in [5.41, 5.74) is 3.12. The molecule has 0 aliphatic heterocycles. The molecule has 0 amide bonds. The Hall–Kier alpha value is -0.740. The molecule has 1 aromatic rings. The third kappa shape index (κ3) is 2.04. The zero-order chi connectivity index (χ0) is 11.7. The average molecular weight is 253 g/mol. The van der Waals surface area contributed by atoms with Crippen LogP contribution in [0.1, 0.15) is 22.3 Å². The standard InChI is InChI=1S/C12H15NOS2/c1-13(2)6-8-4-5-9-7-16-12(15-3)10(9)11(8)14/h6-7H,4-5H2,1-3H3. The summed E-state index contributed by atoms with van der Waals surface area (Å²) in [5.74, 6) is 0.223. The van der Waals surface area contributed by atoms with Gasteiger partial charge in [0.1, 0.15) is 0 Å².